The lowest BCUT2D eigenvalue weighted by Gasteiger charge is -2.06. The minimum atomic E-state index is -0.243. The molecule has 0 unspecified atom stereocenters. The van der Waals surface area contributed by atoms with Crippen LogP contribution in [0, 0.1) is 0 Å². The molecule has 0 aliphatic heterocycles. The molecule has 0 saturated carbocycles. The van der Waals surface area contributed by atoms with Gasteiger partial charge in [-0.05, 0) is 18.4 Å². The van der Waals surface area contributed by atoms with Gasteiger partial charge in [0.1, 0.15) is 4.88 Å². The summed E-state index contributed by atoms with van der Waals surface area (Å²) < 4.78 is 0. The number of carbonyl (C=O) groups excluding carboxylic acids is 2. The Morgan fingerprint density at radius 1 is 0.867 bits per heavy atom. The molecule has 0 bridgehead atoms. The van der Waals surface area contributed by atoms with Gasteiger partial charge in [0, 0.05) is 16.0 Å². The number of ketones is 1. The zero-order valence-corrected chi connectivity index (χ0v) is 17.8. The van der Waals surface area contributed by atoms with Crippen molar-refractivity contribution in [3.63, 3.8) is 0 Å². The zero-order chi connectivity index (χ0) is 20.9. The molecule has 0 aliphatic rings. The Morgan fingerprint density at radius 3 is 2.20 bits per heavy atom. The van der Waals surface area contributed by atoms with Crippen LogP contribution in [0.5, 0.6) is 0 Å². The van der Waals surface area contributed by atoms with Crippen LogP contribution in [-0.2, 0) is 0 Å². The second kappa shape index (κ2) is 9.07. The van der Waals surface area contributed by atoms with Crippen molar-refractivity contribution in [3.8, 4) is 11.3 Å². The molecule has 1 N–H and O–H groups in total. The third-order valence-electron chi connectivity index (χ3n) is 4.49. The van der Waals surface area contributed by atoms with Crippen LogP contribution >= 0.6 is 23.1 Å². The first-order valence-electron chi connectivity index (χ1n) is 9.27. The number of nitrogens with one attached hydrogen (secondary N) is 1. The molecule has 0 spiro atoms. The largest absolute Gasteiger partial charge is 0.298 e. The lowest BCUT2D eigenvalue weighted by Crippen LogP contribution is -2.12. The normalized spacial score (nSPS) is 10.6. The maximum absolute atomic E-state index is 13.2. The highest BCUT2D eigenvalue weighted by atomic mass is 32.2. The number of nitrogens with zero attached hydrogens (tertiary/aromatic N) is 1. The van der Waals surface area contributed by atoms with Crippen molar-refractivity contribution in [1.82, 2.24) is 4.98 Å². The SMILES string of the molecule is CSc1ccccc1C(=O)Nc1nc(-c2ccccc2)c(C(=O)c2ccccc2)s1. The lowest BCUT2D eigenvalue weighted by atomic mass is 10.1. The lowest BCUT2D eigenvalue weighted by molar-refractivity contribution is 0.102. The highest BCUT2D eigenvalue weighted by Crippen LogP contribution is 2.33. The maximum atomic E-state index is 13.2. The molecule has 6 heteroatoms. The van der Waals surface area contributed by atoms with Gasteiger partial charge in [-0.2, -0.15) is 0 Å². The third kappa shape index (κ3) is 4.20. The number of anilines is 1. The Morgan fingerprint density at radius 2 is 1.50 bits per heavy atom. The minimum Gasteiger partial charge on any atom is -0.298 e. The summed E-state index contributed by atoms with van der Waals surface area (Å²) in [6.07, 6.45) is 1.93. The van der Waals surface area contributed by atoms with Crippen molar-refractivity contribution in [1.29, 1.82) is 0 Å². The van der Waals surface area contributed by atoms with Crippen LogP contribution in [-0.4, -0.2) is 22.9 Å². The number of thioether (sulfide) groups is 1. The van der Waals surface area contributed by atoms with Gasteiger partial charge >= 0.3 is 0 Å². The minimum absolute atomic E-state index is 0.114. The van der Waals surface area contributed by atoms with E-state index in [4.69, 9.17) is 0 Å². The number of thiazole rings is 1. The van der Waals surface area contributed by atoms with E-state index in [1.54, 1.807) is 18.2 Å². The molecule has 0 fully saturated rings. The number of benzene rings is 3. The Bertz CT molecular complexity index is 1190. The fraction of sp³-hybridized carbons (Fsp3) is 0.0417. The van der Waals surface area contributed by atoms with Crippen LogP contribution in [0.1, 0.15) is 25.6 Å². The maximum Gasteiger partial charge on any atom is 0.258 e. The second-order valence-electron chi connectivity index (χ2n) is 6.41. The van der Waals surface area contributed by atoms with Gasteiger partial charge in [0.15, 0.2) is 5.13 Å². The monoisotopic (exact) mass is 430 g/mol. The summed E-state index contributed by atoms with van der Waals surface area (Å²) in [5.41, 5.74) is 2.57. The Hall–Kier alpha value is -3.22. The van der Waals surface area contributed by atoms with Gasteiger partial charge in [-0.1, -0.05) is 84.1 Å². The molecule has 4 aromatic rings. The highest BCUT2D eigenvalue weighted by Gasteiger charge is 2.22. The Balaban J connectivity index is 1.72. The molecule has 1 aromatic heterocycles. The van der Waals surface area contributed by atoms with Gasteiger partial charge in [0.25, 0.3) is 5.91 Å². The van der Waals surface area contributed by atoms with Gasteiger partial charge in [-0.3, -0.25) is 14.9 Å². The first-order chi connectivity index (χ1) is 14.7. The van der Waals surface area contributed by atoms with E-state index in [-0.39, 0.29) is 11.7 Å². The van der Waals surface area contributed by atoms with Crippen molar-refractivity contribution in [2.45, 2.75) is 4.90 Å². The van der Waals surface area contributed by atoms with E-state index < -0.39 is 0 Å². The van der Waals surface area contributed by atoms with E-state index in [1.165, 1.54) is 23.1 Å². The smallest absolute Gasteiger partial charge is 0.258 e. The van der Waals surface area contributed by atoms with Crippen LogP contribution in [0.3, 0.4) is 0 Å². The molecule has 1 amide bonds. The molecule has 0 saturated heterocycles. The molecule has 4 nitrogen and oxygen atoms in total. The van der Waals surface area contributed by atoms with Gasteiger partial charge in [0.2, 0.25) is 5.78 Å². The van der Waals surface area contributed by atoms with Crippen LogP contribution in [0.4, 0.5) is 5.13 Å². The number of aromatic nitrogens is 1. The summed E-state index contributed by atoms with van der Waals surface area (Å²) in [4.78, 5) is 32.0. The number of rotatable bonds is 6. The molecule has 3 aromatic carbocycles. The second-order valence-corrected chi connectivity index (χ2v) is 8.26. The van der Waals surface area contributed by atoms with Crippen LogP contribution in [0.2, 0.25) is 0 Å². The number of hydrogen-bond donors (Lipinski definition) is 1. The van der Waals surface area contributed by atoms with E-state index in [1.807, 2.05) is 73.0 Å². The summed E-state index contributed by atoms with van der Waals surface area (Å²) in [6.45, 7) is 0. The van der Waals surface area contributed by atoms with E-state index in [9.17, 15) is 9.59 Å². The quantitative estimate of drug-likeness (QED) is 0.300. The first kappa shape index (κ1) is 20.1. The molecule has 148 valence electrons. The van der Waals surface area contributed by atoms with Gasteiger partial charge in [0.05, 0.1) is 11.3 Å². The molecule has 1 heterocycles. The Labute approximate surface area is 183 Å². The van der Waals surface area contributed by atoms with E-state index in [0.717, 1.165) is 10.5 Å². The Kier molecular flexibility index (Phi) is 6.07. The molecule has 0 radical (unpaired) electrons. The zero-order valence-electron chi connectivity index (χ0n) is 16.2. The van der Waals surface area contributed by atoms with Crippen LogP contribution in [0.15, 0.2) is 89.8 Å². The average molecular weight is 431 g/mol. The molecule has 0 atom stereocenters. The molecular formula is C24H18N2O2S2. The van der Waals surface area contributed by atoms with Gasteiger partial charge < -0.3 is 0 Å². The van der Waals surface area contributed by atoms with Crippen molar-refractivity contribution in [2.75, 3.05) is 11.6 Å². The summed E-state index contributed by atoms with van der Waals surface area (Å²) >= 11 is 2.70. The van der Waals surface area contributed by atoms with Crippen molar-refractivity contribution >= 4 is 39.9 Å². The summed E-state index contributed by atoms with van der Waals surface area (Å²) in [5, 5.41) is 3.27. The molecule has 0 aliphatic carbocycles. The van der Waals surface area contributed by atoms with E-state index >= 15 is 0 Å². The van der Waals surface area contributed by atoms with E-state index in [2.05, 4.69) is 10.3 Å². The summed E-state index contributed by atoms with van der Waals surface area (Å²) in [6, 6.07) is 26.0. The topological polar surface area (TPSA) is 59.1 Å². The molecule has 4 rings (SSSR count). The van der Waals surface area contributed by atoms with Crippen LogP contribution in [0.25, 0.3) is 11.3 Å². The van der Waals surface area contributed by atoms with Crippen molar-refractivity contribution < 1.29 is 9.59 Å². The average Bonchev–Trinajstić information content (AvgIpc) is 3.23. The third-order valence-corrected chi connectivity index (χ3v) is 6.25. The van der Waals surface area contributed by atoms with Crippen molar-refractivity contribution in [2.24, 2.45) is 0 Å². The fourth-order valence-corrected chi connectivity index (χ4v) is 4.58. The summed E-state index contributed by atoms with van der Waals surface area (Å²) in [5.74, 6) is -0.357. The summed E-state index contributed by atoms with van der Waals surface area (Å²) in [7, 11) is 0. The van der Waals surface area contributed by atoms with Gasteiger partial charge in [-0.25, -0.2) is 4.98 Å². The van der Waals surface area contributed by atoms with Crippen molar-refractivity contribution in [3.05, 3.63) is 101 Å². The molecular weight excluding hydrogens is 412 g/mol. The first-order valence-corrected chi connectivity index (χ1v) is 11.3. The fourth-order valence-electron chi connectivity index (χ4n) is 3.04. The standard InChI is InChI=1S/C24H18N2O2S2/c1-29-19-15-9-8-14-18(19)23(28)26-24-25-20(16-10-4-2-5-11-16)22(30-24)21(27)17-12-6-3-7-13-17/h2-15H,1H3,(H,25,26,28). The number of hydrogen-bond acceptors (Lipinski definition) is 5. The number of amides is 1. The predicted octanol–water partition coefficient (Wildman–Crippen LogP) is 6.02. The van der Waals surface area contributed by atoms with Gasteiger partial charge in [-0.15, -0.1) is 11.8 Å². The number of carbonyl (C=O) groups is 2. The highest BCUT2D eigenvalue weighted by molar-refractivity contribution is 7.98. The van der Waals surface area contributed by atoms with E-state index in [0.29, 0.717) is 26.8 Å². The molecule has 30 heavy (non-hydrogen) atoms. The van der Waals surface area contributed by atoms with Crippen LogP contribution < -0.4 is 5.32 Å². The predicted molar refractivity (Wildman–Crippen MR) is 124 cm³/mol.